The van der Waals surface area contributed by atoms with Crippen molar-refractivity contribution in [1.29, 1.82) is 0 Å². The Morgan fingerprint density at radius 2 is 2.12 bits per heavy atom. The number of pyridine rings is 1. The highest BCUT2D eigenvalue weighted by molar-refractivity contribution is 6.43. The maximum Gasteiger partial charge on any atom is 0.454 e. The maximum absolute atomic E-state index is 9.57. The summed E-state index contributed by atoms with van der Waals surface area (Å²) in [5.74, 6) is 1.64. The minimum absolute atomic E-state index is 0.178. The quantitative estimate of drug-likeness (QED) is 0.855. The molecule has 1 aliphatic heterocycles. The summed E-state index contributed by atoms with van der Waals surface area (Å²) >= 11 is 0. The summed E-state index contributed by atoms with van der Waals surface area (Å²) < 4.78 is 16.4. The highest BCUT2D eigenvalue weighted by Gasteiger charge is 2.30. The highest BCUT2D eigenvalue weighted by atomic mass is 16.5. The second-order valence-electron chi connectivity index (χ2n) is 5.98. The van der Waals surface area contributed by atoms with Crippen LogP contribution in [0.4, 0.5) is 0 Å². The minimum atomic E-state index is -0.675. The van der Waals surface area contributed by atoms with Gasteiger partial charge in [-0.2, -0.15) is 0 Å². The molecule has 0 saturated carbocycles. The average Bonchev–Trinajstić information content (AvgIpc) is 3.03. The molecule has 0 aliphatic carbocycles. The molecule has 2 heterocycles. The lowest BCUT2D eigenvalue weighted by atomic mass is 9.79. The van der Waals surface area contributed by atoms with Gasteiger partial charge in [-0.15, -0.1) is 0 Å². The van der Waals surface area contributed by atoms with Crippen molar-refractivity contribution in [3.8, 4) is 22.6 Å². The fourth-order valence-corrected chi connectivity index (χ4v) is 3.07. The van der Waals surface area contributed by atoms with Crippen LogP contribution in [0.25, 0.3) is 11.1 Å². The SMILES string of the molecule is CCOc1cc(-c2cncc(C3COB(O)C3)c2)c(C)cc1OC. The van der Waals surface area contributed by atoms with E-state index in [2.05, 4.69) is 11.1 Å². The first kappa shape index (κ1) is 16.8. The van der Waals surface area contributed by atoms with E-state index in [0.717, 1.165) is 33.8 Å². The van der Waals surface area contributed by atoms with Crippen molar-refractivity contribution in [2.75, 3.05) is 20.3 Å². The van der Waals surface area contributed by atoms with Crippen molar-refractivity contribution in [3.63, 3.8) is 0 Å². The molecule has 1 fully saturated rings. The van der Waals surface area contributed by atoms with Gasteiger partial charge >= 0.3 is 7.12 Å². The molecule has 1 aromatic heterocycles. The summed E-state index contributed by atoms with van der Waals surface area (Å²) in [6, 6.07) is 6.09. The molecule has 24 heavy (non-hydrogen) atoms. The molecule has 1 atom stereocenters. The van der Waals surface area contributed by atoms with Crippen molar-refractivity contribution >= 4 is 7.12 Å². The fourth-order valence-electron chi connectivity index (χ4n) is 3.07. The number of aromatic nitrogens is 1. The topological polar surface area (TPSA) is 60.8 Å². The molecule has 0 spiro atoms. The van der Waals surface area contributed by atoms with E-state index in [1.165, 1.54) is 0 Å². The number of ether oxygens (including phenoxy) is 2. The first-order valence-electron chi connectivity index (χ1n) is 8.18. The Kier molecular flexibility index (Phi) is 5.07. The van der Waals surface area contributed by atoms with Crippen LogP contribution in [0.3, 0.4) is 0 Å². The molecule has 126 valence electrons. The Hall–Kier alpha value is -2.05. The molecule has 1 unspecified atom stereocenters. The van der Waals surface area contributed by atoms with Crippen LogP contribution in [0, 0.1) is 6.92 Å². The standard InChI is InChI=1S/C18H22BNO4/c1-4-23-18-7-16(12(2)5-17(18)22-3)14-6-13(9-20-10-14)15-8-19(21)24-11-15/h5-7,9-10,15,21H,4,8,11H2,1-3H3. The van der Waals surface area contributed by atoms with Crippen molar-refractivity contribution in [1.82, 2.24) is 4.98 Å². The first-order valence-corrected chi connectivity index (χ1v) is 8.18. The van der Waals surface area contributed by atoms with Crippen molar-refractivity contribution in [2.45, 2.75) is 26.1 Å². The summed E-state index contributed by atoms with van der Waals surface area (Å²) in [5.41, 5.74) is 4.26. The Morgan fingerprint density at radius 1 is 1.29 bits per heavy atom. The first-order chi connectivity index (χ1) is 11.6. The van der Waals surface area contributed by atoms with E-state index in [0.29, 0.717) is 19.5 Å². The summed E-state index contributed by atoms with van der Waals surface area (Å²) in [4.78, 5) is 4.38. The summed E-state index contributed by atoms with van der Waals surface area (Å²) in [6.45, 7) is 5.10. The third kappa shape index (κ3) is 3.39. The zero-order valence-electron chi connectivity index (χ0n) is 14.3. The van der Waals surface area contributed by atoms with Crippen molar-refractivity contribution in [2.24, 2.45) is 0 Å². The third-order valence-electron chi connectivity index (χ3n) is 4.33. The number of nitrogens with zero attached hydrogens (tertiary/aromatic N) is 1. The van der Waals surface area contributed by atoms with Gasteiger partial charge in [0.2, 0.25) is 0 Å². The van der Waals surface area contributed by atoms with Gasteiger partial charge in [-0.1, -0.05) is 0 Å². The molecule has 3 rings (SSSR count). The maximum atomic E-state index is 9.57. The summed E-state index contributed by atoms with van der Waals surface area (Å²) in [6.07, 6.45) is 4.30. The smallest absolute Gasteiger partial charge is 0.454 e. The number of benzene rings is 1. The Balaban J connectivity index is 1.98. The fraction of sp³-hybridized carbons (Fsp3) is 0.389. The van der Waals surface area contributed by atoms with Gasteiger partial charge in [0.25, 0.3) is 0 Å². The molecule has 1 N–H and O–H groups in total. The van der Waals surface area contributed by atoms with Crippen LogP contribution in [0.15, 0.2) is 30.6 Å². The third-order valence-corrected chi connectivity index (χ3v) is 4.33. The van der Waals surface area contributed by atoms with E-state index in [4.69, 9.17) is 14.1 Å². The van der Waals surface area contributed by atoms with E-state index in [1.54, 1.807) is 7.11 Å². The number of rotatable bonds is 5. The molecule has 0 radical (unpaired) electrons. The van der Waals surface area contributed by atoms with Gasteiger partial charge in [-0.25, -0.2) is 0 Å². The number of methoxy groups -OCH3 is 1. The van der Waals surface area contributed by atoms with Crippen LogP contribution >= 0.6 is 0 Å². The molecular weight excluding hydrogens is 305 g/mol. The molecule has 1 saturated heterocycles. The predicted molar refractivity (Wildman–Crippen MR) is 93.6 cm³/mol. The van der Waals surface area contributed by atoms with Crippen LogP contribution in [-0.2, 0) is 4.65 Å². The minimum Gasteiger partial charge on any atom is -0.493 e. The molecule has 1 aromatic carbocycles. The molecule has 1 aliphatic rings. The van der Waals surface area contributed by atoms with Crippen molar-refractivity contribution in [3.05, 3.63) is 41.7 Å². The van der Waals surface area contributed by atoms with E-state index in [9.17, 15) is 5.02 Å². The summed E-state index contributed by atoms with van der Waals surface area (Å²) in [7, 11) is 0.968. The van der Waals surface area contributed by atoms with Gasteiger partial charge in [-0.05, 0) is 55.1 Å². The molecular formula is C18H22BNO4. The largest absolute Gasteiger partial charge is 0.493 e. The van der Waals surface area contributed by atoms with Crippen LogP contribution in [0.2, 0.25) is 6.32 Å². The van der Waals surface area contributed by atoms with E-state index in [1.807, 2.05) is 38.4 Å². The lowest BCUT2D eigenvalue weighted by Gasteiger charge is -2.15. The summed E-state index contributed by atoms with van der Waals surface area (Å²) in [5, 5.41) is 9.57. The van der Waals surface area contributed by atoms with Crippen LogP contribution in [0.5, 0.6) is 11.5 Å². The van der Waals surface area contributed by atoms with E-state index in [-0.39, 0.29) is 5.92 Å². The Labute approximate surface area is 142 Å². The predicted octanol–water partition coefficient (Wildman–Crippen LogP) is 3.06. The Bertz CT molecular complexity index is 722. The van der Waals surface area contributed by atoms with Gasteiger partial charge in [0, 0.05) is 30.5 Å². The second kappa shape index (κ2) is 7.24. The van der Waals surface area contributed by atoms with Crippen LogP contribution < -0.4 is 9.47 Å². The van der Waals surface area contributed by atoms with Crippen LogP contribution in [0.1, 0.15) is 24.0 Å². The van der Waals surface area contributed by atoms with Gasteiger partial charge in [-0.3, -0.25) is 4.98 Å². The molecule has 6 heteroatoms. The highest BCUT2D eigenvalue weighted by Crippen LogP contribution is 2.37. The normalized spacial score (nSPS) is 17.2. The Morgan fingerprint density at radius 3 is 2.79 bits per heavy atom. The second-order valence-corrected chi connectivity index (χ2v) is 5.98. The molecule has 0 amide bonds. The molecule has 5 nitrogen and oxygen atoms in total. The van der Waals surface area contributed by atoms with Gasteiger partial charge in [0.15, 0.2) is 11.5 Å². The molecule has 0 bridgehead atoms. The van der Waals surface area contributed by atoms with Gasteiger partial charge in [0.1, 0.15) is 0 Å². The lowest BCUT2D eigenvalue weighted by Crippen LogP contribution is -2.07. The average molecular weight is 327 g/mol. The zero-order valence-corrected chi connectivity index (χ0v) is 14.3. The lowest BCUT2D eigenvalue weighted by molar-refractivity contribution is 0.292. The van der Waals surface area contributed by atoms with E-state index >= 15 is 0 Å². The molecule has 2 aromatic rings. The van der Waals surface area contributed by atoms with E-state index < -0.39 is 7.12 Å². The van der Waals surface area contributed by atoms with Gasteiger partial charge in [0.05, 0.1) is 13.7 Å². The number of aryl methyl sites for hydroxylation is 1. The number of hydrogen-bond donors (Lipinski definition) is 1. The van der Waals surface area contributed by atoms with Crippen molar-refractivity contribution < 1.29 is 19.2 Å². The van der Waals surface area contributed by atoms with Crippen LogP contribution in [-0.4, -0.2) is 37.4 Å². The monoisotopic (exact) mass is 327 g/mol. The van der Waals surface area contributed by atoms with Gasteiger partial charge < -0.3 is 19.2 Å². The zero-order chi connectivity index (χ0) is 17.1. The number of hydrogen-bond acceptors (Lipinski definition) is 5.